The molecule has 0 aliphatic carbocycles. The van der Waals surface area contributed by atoms with Crippen molar-refractivity contribution >= 4 is 17.8 Å². The Balaban J connectivity index is 1.83. The van der Waals surface area contributed by atoms with Crippen molar-refractivity contribution in [2.75, 3.05) is 13.2 Å². The molecule has 0 saturated carbocycles. The zero-order chi connectivity index (χ0) is 18.2. The summed E-state index contributed by atoms with van der Waals surface area (Å²) in [6.07, 6.45) is 1.21. The Bertz CT molecular complexity index is 727. The molecular weight excluding hydrogens is 328 g/mol. The molecule has 0 spiro atoms. The van der Waals surface area contributed by atoms with Gasteiger partial charge in [0.15, 0.2) is 6.61 Å². The van der Waals surface area contributed by atoms with Crippen LogP contribution in [0.4, 0.5) is 0 Å². The zero-order valence-electron chi connectivity index (χ0n) is 13.8. The number of nitrogens with one attached hydrogen (secondary N) is 2. The van der Waals surface area contributed by atoms with Gasteiger partial charge in [0.05, 0.1) is 5.56 Å². The highest BCUT2D eigenvalue weighted by Gasteiger charge is 2.16. The van der Waals surface area contributed by atoms with E-state index in [1.807, 2.05) is 0 Å². The van der Waals surface area contributed by atoms with Crippen LogP contribution in [-0.2, 0) is 14.3 Å². The third-order valence-corrected chi connectivity index (χ3v) is 3.18. The summed E-state index contributed by atoms with van der Waals surface area (Å²) in [5.41, 5.74) is 0.926. The fourth-order valence-electron chi connectivity index (χ4n) is 1.94. The Hall–Kier alpha value is -3.23. The number of benzene rings is 1. The van der Waals surface area contributed by atoms with Gasteiger partial charge in [-0.25, -0.2) is 4.79 Å². The molecule has 132 valence electrons. The minimum Gasteiger partial charge on any atom is -0.452 e. The Morgan fingerprint density at radius 1 is 1.24 bits per heavy atom. The summed E-state index contributed by atoms with van der Waals surface area (Å²) < 4.78 is 9.98. The van der Waals surface area contributed by atoms with E-state index in [9.17, 15) is 14.4 Å². The molecule has 25 heavy (non-hydrogen) atoms. The van der Waals surface area contributed by atoms with Crippen LogP contribution in [0, 0.1) is 0 Å². The van der Waals surface area contributed by atoms with E-state index >= 15 is 0 Å². The molecule has 0 bridgehead atoms. The maximum atomic E-state index is 11.9. The highest BCUT2D eigenvalue weighted by molar-refractivity contribution is 5.92. The maximum Gasteiger partial charge on any atom is 0.338 e. The first-order valence-corrected chi connectivity index (χ1v) is 7.62. The van der Waals surface area contributed by atoms with Crippen molar-refractivity contribution < 1.29 is 23.5 Å². The Morgan fingerprint density at radius 3 is 2.56 bits per heavy atom. The van der Waals surface area contributed by atoms with Crippen LogP contribution in [-0.4, -0.2) is 47.2 Å². The minimum atomic E-state index is -0.708. The number of esters is 1. The predicted molar refractivity (Wildman–Crippen MR) is 86.3 cm³/mol. The topological polar surface area (TPSA) is 123 Å². The van der Waals surface area contributed by atoms with Crippen molar-refractivity contribution in [2.24, 2.45) is 0 Å². The molecule has 2 N–H and O–H groups in total. The van der Waals surface area contributed by atoms with Gasteiger partial charge < -0.3 is 19.8 Å². The molecule has 1 atom stereocenters. The smallest absolute Gasteiger partial charge is 0.338 e. The first-order chi connectivity index (χ1) is 12.0. The molecule has 9 nitrogen and oxygen atoms in total. The highest BCUT2D eigenvalue weighted by atomic mass is 16.5. The van der Waals surface area contributed by atoms with Gasteiger partial charge in [-0.2, -0.15) is 0 Å². The Labute approximate surface area is 143 Å². The van der Waals surface area contributed by atoms with E-state index in [4.69, 9.17) is 9.15 Å². The average Bonchev–Trinajstić information content (AvgIpc) is 3.14. The van der Waals surface area contributed by atoms with Gasteiger partial charge in [-0.05, 0) is 38.1 Å². The zero-order valence-corrected chi connectivity index (χ0v) is 13.8. The van der Waals surface area contributed by atoms with Crippen molar-refractivity contribution in [3.63, 3.8) is 0 Å². The van der Waals surface area contributed by atoms with Gasteiger partial charge >= 0.3 is 5.97 Å². The number of hydrogen-bond acceptors (Lipinski definition) is 7. The standard InChI is InChI=1S/C16H18N4O5/c1-3-17-14(22)10(2)19-13(21)8-24-16(23)12-6-4-11(5-7-12)15-20-18-9-25-15/h4-7,9-10H,3,8H2,1-2H3,(H,17,22)(H,19,21)/t10-/m1/s1. The lowest BCUT2D eigenvalue weighted by Crippen LogP contribution is -2.46. The molecule has 0 aliphatic rings. The lowest BCUT2D eigenvalue weighted by molar-refractivity contribution is -0.130. The van der Waals surface area contributed by atoms with E-state index in [-0.39, 0.29) is 11.5 Å². The molecule has 0 unspecified atom stereocenters. The van der Waals surface area contributed by atoms with Gasteiger partial charge in [-0.3, -0.25) is 9.59 Å². The number of likely N-dealkylation sites (N-methyl/N-ethyl adjacent to an activating group) is 1. The number of carbonyl (C=O) groups excluding carboxylic acids is 3. The highest BCUT2D eigenvalue weighted by Crippen LogP contribution is 2.16. The number of amides is 2. The van der Waals surface area contributed by atoms with Gasteiger partial charge in [0.2, 0.25) is 18.2 Å². The summed E-state index contributed by atoms with van der Waals surface area (Å²) in [5, 5.41) is 12.4. The molecule has 1 aromatic heterocycles. The van der Waals surface area contributed by atoms with Crippen LogP contribution in [0.15, 0.2) is 35.1 Å². The van der Waals surface area contributed by atoms with Crippen LogP contribution in [0.3, 0.4) is 0 Å². The number of rotatable bonds is 7. The van der Waals surface area contributed by atoms with Crippen molar-refractivity contribution in [3.05, 3.63) is 36.2 Å². The predicted octanol–water partition coefficient (Wildman–Crippen LogP) is 0.534. The molecule has 0 saturated heterocycles. The second kappa shape index (κ2) is 8.57. The lowest BCUT2D eigenvalue weighted by atomic mass is 10.1. The summed E-state index contributed by atoms with van der Waals surface area (Å²) in [4.78, 5) is 35.2. The number of carbonyl (C=O) groups is 3. The van der Waals surface area contributed by atoms with E-state index in [1.54, 1.807) is 26.0 Å². The van der Waals surface area contributed by atoms with E-state index in [0.717, 1.165) is 0 Å². The van der Waals surface area contributed by atoms with Gasteiger partial charge in [0, 0.05) is 12.1 Å². The second-order valence-electron chi connectivity index (χ2n) is 5.08. The molecule has 0 fully saturated rings. The summed E-state index contributed by atoms with van der Waals surface area (Å²) in [5.74, 6) is -1.19. The molecular formula is C16H18N4O5. The molecule has 9 heteroatoms. The largest absolute Gasteiger partial charge is 0.452 e. The van der Waals surface area contributed by atoms with E-state index in [2.05, 4.69) is 20.8 Å². The summed E-state index contributed by atoms with van der Waals surface area (Å²) in [6.45, 7) is 3.31. The quantitative estimate of drug-likeness (QED) is 0.701. The van der Waals surface area contributed by atoms with Crippen LogP contribution < -0.4 is 10.6 Å². The third-order valence-electron chi connectivity index (χ3n) is 3.18. The first kappa shape index (κ1) is 18.1. The van der Waals surface area contributed by atoms with Crippen LogP contribution in [0.2, 0.25) is 0 Å². The van der Waals surface area contributed by atoms with Gasteiger partial charge in [0.25, 0.3) is 5.91 Å². The number of nitrogens with zero attached hydrogens (tertiary/aromatic N) is 2. The van der Waals surface area contributed by atoms with Gasteiger partial charge in [0.1, 0.15) is 6.04 Å². The minimum absolute atomic E-state index is 0.271. The second-order valence-corrected chi connectivity index (χ2v) is 5.08. The van der Waals surface area contributed by atoms with Crippen LogP contribution in [0.25, 0.3) is 11.5 Å². The molecule has 2 amide bonds. The number of aromatic nitrogens is 2. The summed E-state index contributed by atoms with van der Waals surface area (Å²) in [6, 6.07) is 5.59. The third kappa shape index (κ3) is 5.13. The van der Waals surface area contributed by atoms with E-state index in [0.29, 0.717) is 18.0 Å². The van der Waals surface area contributed by atoms with Crippen molar-refractivity contribution in [1.29, 1.82) is 0 Å². The van der Waals surface area contributed by atoms with Crippen LogP contribution in [0.5, 0.6) is 0 Å². The Morgan fingerprint density at radius 2 is 1.96 bits per heavy atom. The first-order valence-electron chi connectivity index (χ1n) is 7.62. The molecule has 2 rings (SSSR count). The summed E-state index contributed by atoms with van der Waals surface area (Å²) in [7, 11) is 0. The van der Waals surface area contributed by atoms with Crippen molar-refractivity contribution in [1.82, 2.24) is 20.8 Å². The van der Waals surface area contributed by atoms with E-state index in [1.165, 1.54) is 18.5 Å². The fourth-order valence-corrected chi connectivity index (χ4v) is 1.94. The van der Waals surface area contributed by atoms with Crippen molar-refractivity contribution in [2.45, 2.75) is 19.9 Å². The van der Waals surface area contributed by atoms with Crippen molar-refractivity contribution in [3.8, 4) is 11.5 Å². The van der Waals surface area contributed by atoms with E-state index < -0.39 is 24.5 Å². The molecule has 2 aromatic rings. The fraction of sp³-hybridized carbons (Fsp3) is 0.312. The monoisotopic (exact) mass is 346 g/mol. The number of hydrogen-bond donors (Lipinski definition) is 2. The summed E-state index contributed by atoms with van der Waals surface area (Å²) >= 11 is 0. The molecule has 0 aliphatic heterocycles. The SMILES string of the molecule is CCNC(=O)[C@@H](C)NC(=O)COC(=O)c1ccc(-c2nnco2)cc1. The molecule has 1 heterocycles. The van der Waals surface area contributed by atoms with Crippen LogP contribution >= 0.6 is 0 Å². The number of ether oxygens (including phenoxy) is 1. The van der Waals surface area contributed by atoms with Gasteiger partial charge in [-0.1, -0.05) is 0 Å². The Kier molecular flexibility index (Phi) is 6.21. The lowest BCUT2D eigenvalue weighted by Gasteiger charge is -2.13. The molecule has 1 aromatic carbocycles. The van der Waals surface area contributed by atoms with Crippen LogP contribution in [0.1, 0.15) is 24.2 Å². The van der Waals surface area contributed by atoms with Gasteiger partial charge in [-0.15, -0.1) is 10.2 Å². The maximum absolute atomic E-state index is 11.9. The normalized spacial score (nSPS) is 11.4. The molecule has 0 radical (unpaired) electrons. The average molecular weight is 346 g/mol.